The van der Waals surface area contributed by atoms with E-state index in [-0.39, 0.29) is 0 Å². The van der Waals surface area contributed by atoms with Crippen molar-refractivity contribution in [1.29, 1.82) is 0 Å². The number of hydrogen-bond acceptors (Lipinski definition) is 21. The molecule has 0 radical (unpaired) electrons. The lowest BCUT2D eigenvalue weighted by Crippen LogP contribution is -2.68. The average molecular weight is 667 g/mol. The van der Waals surface area contributed by atoms with Gasteiger partial charge in [-0.25, -0.2) is 0 Å². The van der Waals surface area contributed by atoms with Crippen LogP contribution < -0.4 is 0 Å². The smallest absolute Gasteiger partial charge is 0.187 e. The molecule has 21 heteroatoms. The van der Waals surface area contributed by atoms with Crippen molar-refractivity contribution < 1.29 is 105 Å². The normalized spacial score (nSPS) is 52.9. The standard InChI is InChI=1S/C24H42O21/c25-1-5-10(30)14(34)18(21(38)39-5)43-23-20(16(36)12(32)7(3-27)41-23)45-24-19(15(35)11(31)8(4-28)42-24)44-22-17(37)13(33)9(29)6(2-26)40-22/h5-38H,1-4H2/t5-,6-,7-,8-,9-,10-,11-,12-,13+,14+,15+,16+,17-,18-,19-,20-,21+,22-,23-,24-/m1/s1. The molecule has 0 unspecified atom stereocenters. The van der Waals surface area contributed by atoms with Crippen molar-refractivity contribution in [1.82, 2.24) is 0 Å². The summed E-state index contributed by atoms with van der Waals surface area (Å²) in [7, 11) is 0. The lowest BCUT2D eigenvalue weighted by Gasteiger charge is -2.49. The summed E-state index contributed by atoms with van der Waals surface area (Å²) in [5, 5.41) is 143. The van der Waals surface area contributed by atoms with Crippen LogP contribution in [0.25, 0.3) is 0 Å². The molecular weight excluding hydrogens is 624 g/mol. The molecule has 21 nitrogen and oxygen atoms in total. The Kier molecular flexibility index (Phi) is 12.8. The summed E-state index contributed by atoms with van der Waals surface area (Å²) in [6.45, 7) is -3.41. The zero-order valence-electron chi connectivity index (χ0n) is 23.5. The third kappa shape index (κ3) is 7.44. The second kappa shape index (κ2) is 15.6. The van der Waals surface area contributed by atoms with Crippen LogP contribution in [-0.4, -0.2) is 221 Å². The molecule has 4 fully saturated rings. The highest BCUT2D eigenvalue weighted by Gasteiger charge is 2.55. The van der Waals surface area contributed by atoms with Crippen LogP contribution in [0.5, 0.6) is 0 Å². The Hall–Kier alpha value is -0.840. The number of ether oxygens (including phenoxy) is 7. The molecule has 4 heterocycles. The van der Waals surface area contributed by atoms with E-state index in [9.17, 15) is 71.5 Å². The number of hydrogen-bond donors (Lipinski definition) is 14. The maximum Gasteiger partial charge on any atom is 0.187 e. The first-order chi connectivity index (χ1) is 21.3. The van der Waals surface area contributed by atoms with Crippen molar-refractivity contribution in [3.05, 3.63) is 0 Å². The molecule has 0 saturated carbocycles. The van der Waals surface area contributed by atoms with Crippen LogP contribution >= 0.6 is 0 Å². The van der Waals surface area contributed by atoms with Crippen molar-refractivity contribution in [3.63, 3.8) is 0 Å². The lowest BCUT2D eigenvalue weighted by atomic mass is 9.96. The van der Waals surface area contributed by atoms with Crippen LogP contribution in [0.3, 0.4) is 0 Å². The largest absolute Gasteiger partial charge is 0.394 e. The molecule has 0 aromatic carbocycles. The molecule has 45 heavy (non-hydrogen) atoms. The van der Waals surface area contributed by atoms with Crippen molar-refractivity contribution in [3.8, 4) is 0 Å². The summed E-state index contributed by atoms with van der Waals surface area (Å²) >= 11 is 0. The zero-order valence-corrected chi connectivity index (χ0v) is 23.5. The third-order valence-electron chi connectivity index (χ3n) is 8.21. The van der Waals surface area contributed by atoms with E-state index in [4.69, 9.17) is 33.2 Å². The van der Waals surface area contributed by atoms with Gasteiger partial charge in [0.2, 0.25) is 0 Å². The van der Waals surface area contributed by atoms with Gasteiger partial charge >= 0.3 is 0 Å². The molecule has 0 bridgehead atoms. The molecule has 0 aromatic rings. The fourth-order valence-corrected chi connectivity index (χ4v) is 5.48. The Morgan fingerprint density at radius 2 is 0.644 bits per heavy atom. The highest BCUT2D eigenvalue weighted by atomic mass is 16.8. The second-order valence-electron chi connectivity index (χ2n) is 11.1. The van der Waals surface area contributed by atoms with E-state index in [1.54, 1.807) is 0 Å². The minimum absolute atomic E-state index is 0.791. The van der Waals surface area contributed by atoms with Gasteiger partial charge in [-0.1, -0.05) is 0 Å². The Bertz CT molecular complexity index is 916. The average Bonchev–Trinajstić information content (AvgIpc) is 3.03. The van der Waals surface area contributed by atoms with Gasteiger partial charge in [0.15, 0.2) is 25.2 Å². The molecule has 4 aliphatic rings. The van der Waals surface area contributed by atoms with Gasteiger partial charge in [-0.3, -0.25) is 0 Å². The van der Waals surface area contributed by atoms with Crippen LogP contribution in [0.15, 0.2) is 0 Å². The second-order valence-corrected chi connectivity index (χ2v) is 11.1. The van der Waals surface area contributed by atoms with E-state index in [1.807, 2.05) is 0 Å². The van der Waals surface area contributed by atoms with Gasteiger partial charge < -0.3 is 105 Å². The van der Waals surface area contributed by atoms with Crippen molar-refractivity contribution in [2.75, 3.05) is 26.4 Å². The predicted octanol–water partition coefficient (Wildman–Crippen LogP) is -9.75. The molecule has 0 spiro atoms. The molecule has 14 N–H and O–H groups in total. The van der Waals surface area contributed by atoms with Crippen molar-refractivity contribution >= 4 is 0 Å². The monoisotopic (exact) mass is 666 g/mol. The minimum atomic E-state index is -2.03. The van der Waals surface area contributed by atoms with Crippen LogP contribution in [-0.2, 0) is 33.2 Å². The van der Waals surface area contributed by atoms with Gasteiger partial charge in [0, 0.05) is 0 Å². The zero-order chi connectivity index (χ0) is 33.3. The molecule has 4 aliphatic heterocycles. The Morgan fingerprint density at radius 3 is 1.07 bits per heavy atom. The van der Waals surface area contributed by atoms with Crippen LogP contribution in [0.4, 0.5) is 0 Å². The third-order valence-corrected chi connectivity index (χ3v) is 8.21. The van der Waals surface area contributed by atoms with Crippen LogP contribution in [0, 0.1) is 0 Å². The quantitative estimate of drug-likeness (QED) is 0.103. The topological polar surface area (TPSA) is 348 Å². The van der Waals surface area contributed by atoms with Crippen LogP contribution in [0.1, 0.15) is 0 Å². The molecule has 0 amide bonds. The first-order valence-corrected chi connectivity index (χ1v) is 14.1. The van der Waals surface area contributed by atoms with Crippen molar-refractivity contribution in [2.24, 2.45) is 0 Å². The fraction of sp³-hybridized carbons (Fsp3) is 1.00. The minimum Gasteiger partial charge on any atom is -0.394 e. The molecule has 4 rings (SSSR count). The Labute approximate surface area is 254 Å². The van der Waals surface area contributed by atoms with Crippen molar-refractivity contribution in [2.45, 2.75) is 123 Å². The summed E-state index contributed by atoms with van der Waals surface area (Å²) in [5.41, 5.74) is 0. The van der Waals surface area contributed by atoms with E-state index in [1.165, 1.54) is 0 Å². The van der Waals surface area contributed by atoms with Gasteiger partial charge in [0.1, 0.15) is 97.7 Å². The summed E-state index contributed by atoms with van der Waals surface area (Å²) < 4.78 is 38.3. The van der Waals surface area contributed by atoms with E-state index in [2.05, 4.69) is 0 Å². The summed E-state index contributed by atoms with van der Waals surface area (Å²) in [5.74, 6) is 0. The van der Waals surface area contributed by atoms with E-state index < -0.39 is 149 Å². The van der Waals surface area contributed by atoms with Gasteiger partial charge in [-0.2, -0.15) is 0 Å². The maximum atomic E-state index is 11.0. The maximum absolute atomic E-state index is 11.0. The van der Waals surface area contributed by atoms with Gasteiger partial charge in [-0.05, 0) is 0 Å². The van der Waals surface area contributed by atoms with Gasteiger partial charge in [0.25, 0.3) is 0 Å². The molecular formula is C24H42O21. The Morgan fingerprint density at radius 1 is 0.333 bits per heavy atom. The highest BCUT2D eigenvalue weighted by molar-refractivity contribution is 4.97. The van der Waals surface area contributed by atoms with E-state index >= 15 is 0 Å². The highest BCUT2D eigenvalue weighted by Crippen LogP contribution is 2.34. The van der Waals surface area contributed by atoms with Crippen LogP contribution in [0.2, 0.25) is 0 Å². The van der Waals surface area contributed by atoms with Gasteiger partial charge in [0.05, 0.1) is 26.4 Å². The van der Waals surface area contributed by atoms with E-state index in [0.717, 1.165) is 0 Å². The molecule has 4 saturated heterocycles. The summed E-state index contributed by atoms with van der Waals surface area (Å²) in [4.78, 5) is 0. The predicted molar refractivity (Wildman–Crippen MR) is 134 cm³/mol. The molecule has 264 valence electrons. The summed E-state index contributed by atoms with van der Waals surface area (Å²) in [6, 6.07) is 0. The van der Waals surface area contributed by atoms with Gasteiger partial charge in [-0.15, -0.1) is 0 Å². The first-order valence-electron chi connectivity index (χ1n) is 14.1. The SMILES string of the molecule is OC[C@H]1O[C@H](O[C@H]2[C@@H](O[C@H]3[C@@H](O[C@@H]4[C@@H](O)[C@H](O)[C@@H](CO)O[C@@H]4O)O[C@H](CO)[C@@H](O)[C@@H]3O)O[C@H](CO)[C@@H](O)[C@@H]2O)[C@H](O)[C@@H](O)[C@@H]1O. The number of aliphatic hydroxyl groups is 14. The first kappa shape index (κ1) is 37.0. The number of rotatable bonds is 10. The fourth-order valence-electron chi connectivity index (χ4n) is 5.48. The molecule has 0 aliphatic carbocycles. The molecule has 20 atom stereocenters. The lowest BCUT2D eigenvalue weighted by molar-refractivity contribution is -0.405. The Balaban J connectivity index is 1.61. The number of aliphatic hydroxyl groups excluding tert-OH is 14. The molecule has 0 aromatic heterocycles. The summed E-state index contributed by atoms with van der Waals surface area (Å²) in [6.07, 6.45) is -36.6. The van der Waals surface area contributed by atoms with E-state index in [0.29, 0.717) is 0 Å².